The van der Waals surface area contributed by atoms with Gasteiger partial charge in [0, 0.05) is 6.07 Å². The Hall–Kier alpha value is -2.75. The van der Waals surface area contributed by atoms with E-state index < -0.39 is 16.6 Å². The van der Waals surface area contributed by atoms with Gasteiger partial charge in [-0.05, 0) is 18.6 Å². The van der Waals surface area contributed by atoms with Crippen LogP contribution >= 0.6 is 0 Å². The van der Waals surface area contributed by atoms with E-state index in [9.17, 15) is 19.7 Å². The number of nitro benzene ring substituents is 1. The van der Waals surface area contributed by atoms with Crippen molar-refractivity contribution >= 4 is 17.9 Å². The van der Waals surface area contributed by atoms with Crippen molar-refractivity contribution in [1.82, 2.24) is 0 Å². The van der Waals surface area contributed by atoms with Crippen LogP contribution in [0.1, 0.15) is 28.4 Å². The maximum Gasteiger partial charge on any atom is 0.310 e. The zero-order valence-corrected chi connectivity index (χ0v) is 10.1. The fraction of sp³-hybridized carbons (Fsp3) is 0.250. The Bertz CT molecular complexity index is 574. The molecule has 0 heterocycles. The third-order valence-corrected chi connectivity index (χ3v) is 2.34. The Morgan fingerprint density at radius 1 is 1.58 bits per heavy atom. The lowest BCUT2D eigenvalue weighted by Gasteiger charge is -2.05. The van der Waals surface area contributed by atoms with Crippen molar-refractivity contribution in [3.63, 3.8) is 0 Å². The Morgan fingerprint density at radius 2 is 2.26 bits per heavy atom. The van der Waals surface area contributed by atoms with Gasteiger partial charge in [-0.3, -0.25) is 19.7 Å². The van der Waals surface area contributed by atoms with Crippen molar-refractivity contribution < 1.29 is 19.2 Å². The molecule has 0 N–H and O–H groups in total. The highest BCUT2D eigenvalue weighted by atomic mass is 16.6. The highest BCUT2D eigenvalue weighted by Crippen LogP contribution is 2.23. The number of carbonyl (C=O) groups excluding carboxylic acids is 2. The SMILES string of the molecule is CCOC(=O)Cc1cc([N+](=O)[O-])c(C=O)cc1C#N. The molecule has 7 nitrogen and oxygen atoms in total. The van der Waals surface area contributed by atoms with E-state index in [1.807, 2.05) is 0 Å². The lowest BCUT2D eigenvalue weighted by atomic mass is 10.0. The number of nitro groups is 1. The topological polar surface area (TPSA) is 110 Å². The first-order valence-electron chi connectivity index (χ1n) is 5.35. The monoisotopic (exact) mass is 262 g/mol. The van der Waals surface area contributed by atoms with E-state index in [4.69, 9.17) is 10.00 Å². The molecule has 0 aliphatic carbocycles. The molecule has 0 saturated heterocycles. The highest BCUT2D eigenvalue weighted by Gasteiger charge is 2.19. The summed E-state index contributed by atoms with van der Waals surface area (Å²) in [7, 11) is 0. The second kappa shape index (κ2) is 6.26. The van der Waals surface area contributed by atoms with Gasteiger partial charge in [-0.1, -0.05) is 0 Å². The molecule has 0 aliphatic heterocycles. The number of ether oxygens (including phenoxy) is 1. The lowest BCUT2D eigenvalue weighted by Crippen LogP contribution is -2.09. The molecule has 0 spiro atoms. The normalized spacial score (nSPS) is 9.47. The average molecular weight is 262 g/mol. The largest absolute Gasteiger partial charge is 0.466 e. The van der Waals surface area contributed by atoms with E-state index in [1.54, 1.807) is 13.0 Å². The van der Waals surface area contributed by atoms with Gasteiger partial charge in [0.1, 0.15) is 0 Å². The quantitative estimate of drug-likeness (QED) is 0.343. The maximum atomic E-state index is 11.3. The molecule has 1 rings (SSSR count). The van der Waals surface area contributed by atoms with E-state index in [0.29, 0.717) is 6.29 Å². The van der Waals surface area contributed by atoms with Gasteiger partial charge in [0.2, 0.25) is 0 Å². The van der Waals surface area contributed by atoms with Crippen LogP contribution in [0.2, 0.25) is 0 Å². The van der Waals surface area contributed by atoms with Crippen LogP contribution in [-0.4, -0.2) is 23.8 Å². The van der Waals surface area contributed by atoms with Crippen molar-refractivity contribution in [2.45, 2.75) is 13.3 Å². The molecule has 0 radical (unpaired) electrons. The van der Waals surface area contributed by atoms with Gasteiger partial charge in [-0.2, -0.15) is 5.26 Å². The predicted molar refractivity (Wildman–Crippen MR) is 63.5 cm³/mol. The minimum atomic E-state index is -0.737. The fourth-order valence-electron chi connectivity index (χ4n) is 1.52. The number of esters is 1. The molecule has 0 aromatic heterocycles. The van der Waals surface area contributed by atoms with Gasteiger partial charge in [-0.25, -0.2) is 0 Å². The summed E-state index contributed by atoms with van der Waals surface area (Å²) >= 11 is 0. The number of hydrogen-bond donors (Lipinski definition) is 0. The number of nitrogens with zero attached hydrogens (tertiary/aromatic N) is 2. The summed E-state index contributed by atoms with van der Waals surface area (Å²) in [6, 6.07) is 3.95. The van der Waals surface area contributed by atoms with Crippen molar-refractivity contribution in [3.8, 4) is 6.07 Å². The Labute approximate surface area is 108 Å². The molecule has 0 saturated carbocycles. The van der Waals surface area contributed by atoms with Crippen LogP contribution in [-0.2, 0) is 16.0 Å². The molecule has 98 valence electrons. The molecule has 19 heavy (non-hydrogen) atoms. The van der Waals surface area contributed by atoms with E-state index in [-0.39, 0.29) is 29.7 Å². The van der Waals surface area contributed by atoms with Crippen molar-refractivity contribution in [2.24, 2.45) is 0 Å². The van der Waals surface area contributed by atoms with Gasteiger partial charge in [0.15, 0.2) is 6.29 Å². The molecule has 0 aliphatic rings. The number of benzene rings is 1. The zero-order chi connectivity index (χ0) is 14.4. The Balaban J connectivity index is 3.27. The summed E-state index contributed by atoms with van der Waals surface area (Å²) in [4.78, 5) is 32.1. The zero-order valence-electron chi connectivity index (χ0n) is 10.1. The third kappa shape index (κ3) is 3.35. The van der Waals surface area contributed by atoms with Crippen LogP contribution in [0.5, 0.6) is 0 Å². The van der Waals surface area contributed by atoms with Crippen molar-refractivity contribution in [2.75, 3.05) is 6.61 Å². The van der Waals surface area contributed by atoms with E-state index in [1.165, 1.54) is 0 Å². The maximum absolute atomic E-state index is 11.3. The Kier molecular flexibility index (Phi) is 4.71. The molecule has 1 aromatic carbocycles. The first-order chi connectivity index (χ1) is 9.03. The molecular weight excluding hydrogens is 252 g/mol. The molecule has 0 amide bonds. The molecule has 0 bridgehead atoms. The predicted octanol–water partition coefficient (Wildman–Crippen LogP) is 1.38. The van der Waals surface area contributed by atoms with E-state index in [2.05, 4.69) is 0 Å². The third-order valence-electron chi connectivity index (χ3n) is 2.34. The minimum absolute atomic E-state index is 0.0424. The Morgan fingerprint density at radius 3 is 2.74 bits per heavy atom. The van der Waals surface area contributed by atoms with Crippen LogP contribution in [0.3, 0.4) is 0 Å². The second-order valence-corrected chi connectivity index (χ2v) is 3.54. The average Bonchev–Trinajstić information content (AvgIpc) is 2.38. The number of carbonyl (C=O) groups is 2. The second-order valence-electron chi connectivity index (χ2n) is 3.54. The number of rotatable bonds is 5. The highest BCUT2D eigenvalue weighted by molar-refractivity contribution is 5.83. The fourth-order valence-corrected chi connectivity index (χ4v) is 1.52. The van der Waals surface area contributed by atoms with E-state index in [0.717, 1.165) is 12.1 Å². The molecule has 1 aromatic rings. The van der Waals surface area contributed by atoms with Gasteiger partial charge in [0.25, 0.3) is 5.69 Å². The van der Waals surface area contributed by atoms with Crippen LogP contribution in [0, 0.1) is 21.4 Å². The summed E-state index contributed by atoms with van der Waals surface area (Å²) in [5, 5.41) is 19.7. The first kappa shape index (κ1) is 14.3. The molecule has 0 fully saturated rings. The standard InChI is InChI=1S/C12H10N2O5/c1-2-19-12(16)5-8-4-11(14(17)18)10(7-15)3-9(8)6-13/h3-4,7H,2,5H2,1H3. The minimum Gasteiger partial charge on any atom is -0.466 e. The number of aldehydes is 1. The summed E-state index contributed by atoms with van der Waals surface area (Å²) in [5.74, 6) is -0.591. The molecular formula is C12H10N2O5. The molecule has 0 unspecified atom stereocenters. The van der Waals surface area contributed by atoms with Crippen molar-refractivity contribution in [3.05, 3.63) is 38.9 Å². The first-order valence-corrected chi connectivity index (χ1v) is 5.35. The smallest absolute Gasteiger partial charge is 0.310 e. The van der Waals surface area contributed by atoms with Crippen LogP contribution in [0.4, 0.5) is 5.69 Å². The van der Waals surface area contributed by atoms with Gasteiger partial charge >= 0.3 is 5.97 Å². The summed E-state index contributed by atoms with van der Waals surface area (Å²) in [6.07, 6.45) is 0.0455. The molecule has 7 heteroatoms. The van der Waals surface area contributed by atoms with Crippen LogP contribution in [0.25, 0.3) is 0 Å². The van der Waals surface area contributed by atoms with E-state index >= 15 is 0 Å². The lowest BCUT2D eigenvalue weighted by molar-refractivity contribution is -0.385. The van der Waals surface area contributed by atoms with Gasteiger partial charge < -0.3 is 4.74 Å². The van der Waals surface area contributed by atoms with Crippen LogP contribution in [0.15, 0.2) is 12.1 Å². The number of hydrogen-bond acceptors (Lipinski definition) is 6. The van der Waals surface area contributed by atoms with Crippen LogP contribution < -0.4 is 0 Å². The summed E-state index contributed by atoms with van der Waals surface area (Å²) in [6.45, 7) is 1.80. The number of nitriles is 1. The van der Waals surface area contributed by atoms with Crippen molar-refractivity contribution in [1.29, 1.82) is 5.26 Å². The van der Waals surface area contributed by atoms with Gasteiger partial charge in [0.05, 0.1) is 35.1 Å². The summed E-state index contributed by atoms with van der Waals surface area (Å²) in [5.41, 5.74) is -0.429. The summed E-state index contributed by atoms with van der Waals surface area (Å²) < 4.78 is 4.71. The molecule has 0 atom stereocenters. The van der Waals surface area contributed by atoms with Gasteiger partial charge in [-0.15, -0.1) is 0 Å².